The predicted molar refractivity (Wildman–Crippen MR) is 130 cm³/mol. The highest BCUT2D eigenvalue weighted by molar-refractivity contribution is 6.33. The normalized spacial score (nSPS) is 16.2. The van der Waals surface area contributed by atoms with E-state index in [0.29, 0.717) is 34.5 Å². The number of nitrogens with zero attached hydrogens (tertiary/aromatic N) is 4. The molecule has 1 saturated heterocycles. The summed E-state index contributed by atoms with van der Waals surface area (Å²) in [7, 11) is 0. The van der Waals surface area contributed by atoms with Gasteiger partial charge in [0.05, 0.1) is 11.2 Å². The molecule has 1 atom stereocenters. The lowest BCUT2D eigenvalue weighted by Gasteiger charge is -2.23. The Morgan fingerprint density at radius 3 is 2.79 bits per heavy atom. The second kappa shape index (κ2) is 9.85. The van der Waals surface area contributed by atoms with Crippen molar-refractivity contribution in [2.24, 2.45) is 5.92 Å². The van der Waals surface area contributed by atoms with E-state index in [1.807, 2.05) is 30.3 Å². The van der Waals surface area contributed by atoms with Crippen molar-refractivity contribution in [3.63, 3.8) is 0 Å². The van der Waals surface area contributed by atoms with Crippen LogP contribution in [0.3, 0.4) is 0 Å². The first-order chi connectivity index (χ1) is 16.2. The van der Waals surface area contributed by atoms with E-state index in [1.165, 1.54) is 18.9 Å². The molecule has 0 spiro atoms. The third kappa shape index (κ3) is 4.84. The van der Waals surface area contributed by atoms with Crippen LogP contribution in [0.25, 0.3) is 22.6 Å². The number of rotatable bonds is 7. The quantitative estimate of drug-likeness (QED) is 0.389. The van der Waals surface area contributed by atoms with E-state index < -0.39 is 0 Å². The number of hydrogen-bond acceptors (Lipinski definition) is 5. The van der Waals surface area contributed by atoms with Crippen LogP contribution in [0.4, 0.5) is 10.3 Å². The number of piperidine rings is 1. The molecule has 2 aromatic carbocycles. The maximum Gasteiger partial charge on any atom is 0.225 e. The van der Waals surface area contributed by atoms with Gasteiger partial charge in [0.15, 0.2) is 5.65 Å². The van der Waals surface area contributed by atoms with Crippen LogP contribution in [-0.2, 0) is 13.1 Å². The zero-order chi connectivity index (χ0) is 22.6. The molecule has 170 valence electrons. The molecule has 0 amide bonds. The summed E-state index contributed by atoms with van der Waals surface area (Å²) in [6.45, 7) is 3.22. The zero-order valence-electron chi connectivity index (χ0n) is 18.3. The third-order valence-corrected chi connectivity index (χ3v) is 6.49. The van der Waals surface area contributed by atoms with Crippen molar-refractivity contribution < 1.29 is 4.39 Å². The molecule has 6 nitrogen and oxygen atoms in total. The van der Waals surface area contributed by atoms with Crippen molar-refractivity contribution in [1.29, 1.82) is 0 Å². The molecule has 2 N–H and O–H groups in total. The van der Waals surface area contributed by atoms with Gasteiger partial charge in [-0.2, -0.15) is 4.98 Å². The van der Waals surface area contributed by atoms with E-state index in [4.69, 9.17) is 21.6 Å². The van der Waals surface area contributed by atoms with Crippen LogP contribution < -0.4 is 10.6 Å². The molecular formula is C25H26ClFN6. The van der Waals surface area contributed by atoms with Gasteiger partial charge in [0.25, 0.3) is 0 Å². The van der Waals surface area contributed by atoms with Crippen molar-refractivity contribution in [3.05, 3.63) is 71.1 Å². The van der Waals surface area contributed by atoms with E-state index in [2.05, 4.69) is 20.2 Å². The average molecular weight is 465 g/mol. The van der Waals surface area contributed by atoms with Crippen LogP contribution in [0.1, 0.15) is 24.8 Å². The first-order valence-electron chi connectivity index (χ1n) is 11.3. The van der Waals surface area contributed by atoms with Gasteiger partial charge in [0, 0.05) is 24.2 Å². The summed E-state index contributed by atoms with van der Waals surface area (Å²) >= 11 is 6.52. The molecular weight excluding hydrogens is 439 g/mol. The summed E-state index contributed by atoms with van der Waals surface area (Å²) in [6.07, 6.45) is 5.17. The number of imidazole rings is 1. The Morgan fingerprint density at radius 2 is 1.97 bits per heavy atom. The van der Waals surface area contributed by atoms with Gasteiger partial charge >= 0.3 is 0 Å². The second-order valence-electron chi connectivity index (χ2n) is 8.42. The Balaban J connectivity index is 1.48. The maximum absolute atomic E-state index is 14.0. The monoisotopic (exact) mass is 464 g/mol. The number of anilines is 1. The number of fused-ring (bicyclic) bond motifs is 1. The minimum absolute atomic E-state index is 0.252. The number of aromatic nitrogens is 4. The molecule has 1 aliphatic rings. The fourth-order valence-electron chi connectivity index (χ4n) is 4.36. The standard InChI is InChI=1S/C25H26ClFN6/c26-20-9-3-2-8-19(20)23-31-22-16-30-25(29-15-18-7-1-4-10-21(18)27)32-24(22)33(23)13-11-17-6-5-12-28-14-17/h1-4,7-10,16-17,28H,5-6,11-15H2,(H,29,30,32). The topological polar surface area (TPSA) is 67.7 Å². The molecule has 0 aliphatic carbocycles. The molecule has 0 bridgehead atoms. The highest BCUT2D eigenvalue weighted by Crippen LogP contribution is 2.30. The highest BCUT2D eigenvalue weighted by Gasteiger charge is 2.19. The lowest BCUT2D eigenvalue weighted by molar-refractivity contribution is 0.343. The van der Waals surface area contributed by atoms with E-state index in [1.54, 1.807) is 18.3 Å². The molecule has 0 saturated carbocycles. The molecule has 0 radical (unpaired) electrons. The fourth-order valence-corrected chi connectivity index (χ4v) is 4.58. The molecule has 8 heteroatoms. The first kappa shape index (κ1) is 21.8. The van der Waals surface area contributed by atoms with Gasteiger partial charge in [-0.05, 0) is 56.5 Å². The number of nitrogens with one attached hydrogen (secondary N) is 2. The largest absolute Gasteiger partial charge is 0.350 e. The smallest absolute Gasteiger partial charge is 0.225 e. The summed E-state index contributed by atoms with van der Waals surface area (Å²) in [6, 6.07) is 14.4. The molecule has 33 heavy (non-hydrogen) atoms. The van der Waals surface area contributed by atoms with Gasteiger partial charge in [-0.1, -0.05) is 41.9 Å². The fraction of sp³-hybridized carbons (Fsp3) is 0.320. The minimum atomic E-state index is -0.252. The predicted octanol–water partition coefficient (Wildman–Crippen LogP) is 5.29. The third-order valence-electron chi connectivity index (χ3n) is 6.16. The number of halogens is 2. The molecule has 2 aromatic heterocycles. The van der Waals surface area contributed by atoms with Crippen LogP contribution >= 0.6 is 11.6 Å². The van der Waals surface area contributed by atoms with Gasteiger partial charge in [-0.15, -0.1) is 0 Å². The molecule has 1 fully saturated rings. The van der Waals surface area contributed by atoms with Gasteiger partial charge < -0.3 is 15.2 Å². The molecule has 3 heterocycles. The van der Waals surface area contributed by atoms with Crippen LogP contribution in [0, 0.1) is 11.7 Å². The van der Waals surface area contributed by atoms with Crippen molar-refractivity contribution in [2.75, 3.05) is 18.4 Å². The van der Waals surface area contributed by atoms with Crippen molar-refractivity contribution in [3.8, 4) is 11.4 Å². The summed E-state index contributed by atoms with van der Waals surface area (Å²) in [5.74, 6) is 1.60. The van der Waals surface area contributed by atoms with Crippen molar-refractivity contribution in [1.82, 2.24) is 24.8 Å². The van der Waals surface area contributed by atoms with Gasteiger partial charge in [-0.3, -0.25) is 0 Å². The van der Waals surface area contributed by atoms with E-state index >= 15 is 0 Å². The first-order valence-corrected chi connectivity index (χ1v) is 11.7. The van der Waals surface area contributed by atoms with Gasteiger partial charge in [0.2, 0.25) is 5.95 Å². The SMILES string of the molecule is Fc1ccccc1CNc1ncc2nc(-c3ccccc3Cl)n(CCC3CCCNC3)c2n1. The molecule has 1 unspecified atom stereocenters. The Kier molecular flexibility index (Phi) is 6.51. The Labute approximate surface area is 197 Å². The van der Waals surface area contributed by atoms with Crippen molar-refractivity contribution >= 4 is 28.7 Å². The second-order valence-corrected chi connectivity index (χ2v) is 8.82. The van der Waals surface area contributed by atoms with E-state index in [9.17, 15) is 4.39 Å². The maximum atomic E-state index is 14.0. The molecule has 1 aliphatic heterocycles. The summed E-state index contributed by atoms with van der Waals surface area (Å²) in [5, 5.41) is 7.29. The zero-order valence-corrected chi connectivity index (χ0v) is 19.0. The summed E-state index contributed by atoms with van der Waals surface area (Å²) in [5.41, 5.74) is 2.90. The lowest BCUT2D eigenvalue weighted by atomic mass is 9.96. The van der Waals surface area contributed by atoms with Gasteiger partial charge in [-0.25, -0.2) is 14.4 Å². The Bertz CT molecular complexity index is 1250. The number of aryl methyl sites for hydroxylation is 1. The lowest BCUT2D eigenvalue weighted by Crippen LogP contribution is -2.30. The van der Waals surface area contributed by atoms with Crippen LogP contribution in [0.2, 0.25) is 5.02 Å². The summed E-state index contributed by atoms with van der Waals surface area (Å²) in [4.78, 5) is 14.0. The minimum Gasteiger partial charge on any atom is -0.350 e. The van der Waals surface area contributed by atoms with Crippen LogP contribution in [-0.4, -0.2) is 32.6 Å². The van der Waals surface area contributed by atoms with Gasteiger partial charge in [0.1, 0.15) is 17.2 Å². The van der Waals surface area contributed by atoms with E-state index in [-0.39, 0.29) is 5.82 Å². The highest BCUT2D eigenvalue weighted by atomic mass is 35.5. The molecule has 5 rings (SSSR count). The summed E-state index contributed by atoms with van der Waals surface area (Å²) < 4.78 is 16.1. The number of hydrogen-bond donors (Lipinski definition) is 2. The average Bonchev–Trinajstić information content (AvgIpc) is 3.20. The van der Waals surface area contributed by atoms with E-state index in [0.717, 1.165) is 43.1 Å². The Morgan fingerprint density at radius 1 is 1.12 bits per heavy atom. The number of benzene rings is 2. The van der Waals surface area contributed by atoms with Crippen molar-refractivity contribution in [2.45, 2.75) is 32.4 Å². The Hall–Kier alpha value is -3.03. The van der Waals surface area contributed by atoms with Crippen LogP contribution in [0.5, 0.6) is 0 Å². The molecule has 4 aromatic rings. The van der Waals surface area contributed by atoms with Crippen LogP contribution in [0.15, 0.2) is 54.7 Å².